The minimum atomic E-state index is -0.263. The van der Waals surface area contributed by atoms with Gasteiger partial charge in [0, 0.05) is 22.8 Å². The summed E-state index contributed by atoms with van der Waals surface area (Å²) in [6, 6.07) is 14.0. The highest BCUT2D eigenvalue weighted by atomic mass is 79.9. The number of rotatable bonds is 6. The number of aromatic nitrogens is 3. The van der Waals surface area contributed by atoms with Gasteiger partial charge in [-0.3, -0.25) is 0 Å². The van der Waals surface area contributed by atoms with Crippen molar-refractivity contribution in [3.05, 3.63) is 58.8 Å². The number of halogens is 2. The second-order valence-corrected chi connectivity index (χ2v) is 7.00. The molecule has 0 radical (unpaired) electrons. The van der Waals surface area contributed by atoms with Gasteiger partial charge < -0.3 is 9.30 Å². The minimum absolute atomic E-state index is 0.263. The van der Waals surface area contributed by atoms with Gasteiger partial charge in [-0.05, 0) is 48.5 Å². The molecule has 0 saturated heterocycles. The standard InChI is InChI=1S/C17H15BrFN3OS/c1-22-16(12-2-6-14(19)7-3-12)20-21-17(22)24-11-10-23-15-8-4-13(18)5-9-15/h2-9H,10-11H2,1H3. The molecule has 0 aliphatic heterocycles. The first-order chi connectivity index (χ1) is 11.6. The van der Waals surface area contributed by atoms with Gasteiger partial charge >= 0.3 is 0 Å². The number of ether oxygens (including phenoxy) is 1. The number of hydrogen-bond acceptors (Lipinski definition) is 4. The van der Waals surface area contributed by atoms with E-state index in [1.807, 2.05) is 35.9 Å². The van der Waals surface area contributed by atoms with E-state index in [9.17, 15) is 4.39 Å². The lowest BCUT2D eigenvalue weighted by molar-refractivity contribution is 0.344. The molecule has 0 bridgehead atoms. The molecule has 0 spiro atoms. The lowest BCUT2D eigenvalue weighted by Gasteiger charge is -2.06. The highest BCUT2D eigenvalue weighted by Gasteiger charge is 2.11. The monoisotopic (exact) mass is 407 g/mol. The molecule has 0 N–H and O–H groups in total. The van der Waals surface area contributed by atoms with E-state index < -0.39 is 0 Å². The zero-order valence-electron chi connectivity index (χ0n) is 12.9. The average Bonchev–Trinajstić information content (AvgIpc) is 2.95. The molecule has 124 valence electrons. The van der Waals surface area contributed by atoms with E-state index in [0.717, 1.165) is 26.7 Å². The molecule has 0 amide bonds. The molecule has 2 aromatic carbocycles. The zero-order chi connectivity index (χ0) is 16.9. The van der Waals surface area contributed by atoms with Gasteiger partial charge in [0.25, 0.3) is 0 Å². The fourth-order valence-corrected chi connectivity index (χ4v) is 3.11. The Kier molecular flexibility index (Phi) is 5.52. The van der Waals surface area contributed by atoms with E-state index in [1.54, 1.807) is 23.9 Å². The molecule has 0 unspecified atom stereocenters. The van der Waals surface area contributed by atoms with Gasteiger partial charge in [0.15, 0.2) is 11.0 Å². The van der Waals surface area contributed by atoms with Crippen LogP contribution in [0.5, 0.6) is 5.75 Å². The van der Waals surface area contributed by atoms with Gasteiger partial charge in [0.1, 0.15) is 11.6 Å². The highest BCUT2D eigenvalue weighted by molar-refractivity contribution is 9.10. The number of nitrogens with zero attached hydrogens (tertiary/aromatic N) is 3. The van der Waals surface area contributed by atoms with Crippen molar-refractivity contribution in [2.45, 2.75) is 5.16 Å². The maximum atomic E-state index is 13.0. The third kappa shape index (κ3) is 4.15. The number of hydrogen-bond donors (Lipinski definition) is 0. The van der Waals surface area contributed by atoms with Crippen LogP contribution in [0.15, 0.2) is 58.2 Å². The second-order valence-electron chi connectivity index (χ2n) is 5.02. The van der Waals surface area contributed by atoms with Crippen LogP contribution in [-0.2, 0) is 7.05 Å². The van der Waals surface area contributed by atoms with Crippen molar-refractivity contribution in [3.63, 3.8) is 0 Å². The first-order valence-electron chi connectivity index (χ1n) is 7.30. The van der Waals surface area contributed by atoms with Gasteiger partial charge in [-0.1, -0.05) is 27.7 Å². The molecule has 0 atom stereocenters. The molecule has 4 nitrogen and oxygen atoms in total. The van der Waals surface area contributed by atoms with Crippen molar-refractivity contribution in [1.29, 1.82) is 0 Å². The fraction of sp³-hybridized carbons (Fsp3) is 0.176. The second kappa shape index (κ2) is 7.81. The van der Waals surface area contributed by atoms with Gasteiger partial charge in [0.2, 0.25) is 0 Å². The van der Waals surface area contributed by atoms with Gasteiger partial charge in [-0.2, -0.15) is 0 Å². The minimum Gasteiger partial charge on any atom is -0.493 e. The van der Waals surface area contributed by atoms with Crippen LogP contribution in [-0.4, -0.2) is 27.1 Å². The maximum absolute atomic E-state index is 13.0. The lowest BCUT2D eigenvalue weighted by atomic mass is 10.2. The summed E-state index contributed by atoms with van der Waals surface area (Å²) in [4.78, 5) is 0. The van der Waals surface area contributed by atoms with Crippen molar-refractivity contribution in [2.24, 2.45) is 7.05 Å². The SMILES string of the molecule is Cn1c(SCCOc2ccc(Br)cc2)nnc1-c1ccc(F)cc1. The van der Waals surface area contributed by atoms with E-state index in [-0.39, 0.29) is 5.82 Å². The summed E-state index contributed by atoms with van der Waals surface area (Å²) in [6.45, 7) is 0.574. The van der Waals surface area contributed by atoms with E-state index in [1.165, 1.54) is 12.1 Å². The maximum Gasteiger partial charge on any atom is 0.191 e. The summed E-state index contributed by atoms with van der Waals surface area (Å²) in [5, 5.41) is 9.18. The molecule has 1 heterocycles. The Morgan fingerprint density at radius 2 is 1.79 bits per heavy atom. The van der Waals surface area contributed by atoms with Crippen molar-refractivity contribution in [2.75, 3.05) is 12.4 Å². The molecule has 0 aliphatic rings. The summed E-state index contributed by atoms with van der Waals surface area (Å²) in [5.41, 5.74) is 0.837. The Bertz CT molecular complexity index is 806. The summed E-state index contributed by atoms with van der Waals surface area (Å²) < 4.78 is 21.6. The molecule has 0 fully saturated rings. The fourth-order valence-electron chi connectivity index (χ4n) is 2.11. The number of benzene rings is 2. The van der Waals surface area contributed by atoms with Crippen LogP contribution in [0.25, 0.3) is 11.4 Å². The molecular weight excluding hydrogens is 393 g/mol. The van der Waals surface area contributed by atoms with E-state index >= 15 is 0 Å². The molecule has 24 heavy (non-hydrogen) atoms. The third-order valence-corrected chi connectivity index (χ3v) is 4.85. The largest absolute Gasteiger partial charge is 0.493 e. The molecule has 0 aliphatic carbocycles. The Morgan fingerprint density at radius 1 is 1.08 bits per heavy atom. The van der Waals surface area contributed by atoms with Crippen molar-refractivity contribution in [1.82, 2.24) is 14.8 Å². The molecule has 1 aromatic heterocycles. The van der Waals surface area contributed by atoms with Crippen LogP contribution in [0.3, 0.4) is 0 Å². The molecular formula is C17H15BrFN3OS. The van der Waals surface area contributed by atoms with E-state index in [2.05, 4.69) is 26.1 Å². The summed E-state index contributed by atoms with van der Waals surface area (Å²) >= 11 is 4.96. The lowest BCUT2D eigenvalue weighted by Crippen LogP contribution is -2.02. The quantitative estimate of drug-likeness (QED) is 0.443. The van der Waals surface area contributed by atoms with E-state index in [4.69, 9.17) is 4.74 Å². The average molecular weight is 408 g/mol. The Morgan fingerprint density at radius 3 is 2.50 bits per heavy atom. The van der Waals surface area contributed by atoms with Gasteiger partial charge in [-0.15, -0.1) is 10.2 Å². The predicted octanol–water partition coefficient (Wildman–Crippen LogP) is 4.55. The summed E-state index contributed by atoms with van der Waals surface area (Å²) in [7, 11) is 1.90. The molecule has 7 heteroatoms. The van der Waals surface area contributed by atoms with Crippen LogP contribution >= 0.6 is 27.7 Å². The van der Waals surface area contributed by atoms with E-state index in [0.29, 0.717) is 12.4 Å². The number of thioether (sulfide) groups is 1. The molecule has 0 saturated carbocycles. The third-order valence-electron chi connectivity index (χ3n) is 3.33. The van der Waals surface area contributed by atoms with Crippen LogP contribution < -0.4 is 4.74 Å². The Balaban J connectivity index is 1.56. The predicted molar refractivity (Wildman–Crippen MR) is 96.8 cm³/mol. The van der Waals surface area contributed by atoms with Gasteiger partial charge in [-0.25, -0.2) is 4.39 Å². The Labute approximate surface area is 152 Å². The van der Waals surface area contributed by atoms with Crippen LogP contribution in [0.4, 0.5) is 4.39 Å². The van der Waals surface area contributed by atoms with Crippen molar-refractivity contribution < 1.29 is 9.13 Å². The summed E-state index contributed by atoms with van der Waals surface area (Å²) in [6.07, 6.45) is 0. The Hall–Kier alpha value is -1.86. The molecule has 3 rings (SSSR count). The normalized spacial score (nSPS) is 10.8. The molecule has 3 aromatic rings. The zero-order valence-corrected chi connectivity index (χ0v) is 15.3. The van der Waals surface area contributed by atoms with Crippen LogP contribution in [0.2, 0.25) is 0 Å². The highest BCUT2D eigenvalue weighted by Crippen LogP contribution is 2.23. The van der Waals surface area contributed by atoms with Crippen molar-refractivity contribution >= 4 is 27.7 Å². The van der Waals surface area contributed by atoms with Crippen molar-refractivity contribution in [3.8, 4) is 17.1 Å². The summed E-state index contributed by atoms with van der Waals surface area (Å²) in [5.74, 6) is 2.04. The first-order valence-corrected chi connectivity index (χ1v) is 9.08. The van der Waals surface area contributed by atoms with Crippen LogP contribution in [0.1, 0.15) is 0 Å². The van der Waals surface area contributed by atoms with Crippen LogP contribution in [0, 0.1) is 5.82 Å². The first kappa shape index (κ1) is 17.0. The van der Waals surface area contributed by atoms with Gasteiger partial charge in [0.05, 0.1) is 6.61 Å². The topological polar surface area (TPSA) is 39.9 Å². The smallest absolute Gasteiger partial charge is 0.191 e.